The lowest BCUT2D eigenvalue weighted by Gasteiger charge is -2.19. The van der Waals surface area contributed by atoms with Crippen LogP contribution in [0.25, 0.3) is 0 Å². The largest absolute Gasteiger partial charge is 0.317 e. The van der Waals surface area contributed by atoms with Gasteiger partial charge in [-0.15, -0.1) is 0 Å². The summed E-state index contributed by atoms with van der Waals surface area (Å²) in [6, 6.07) is 9.71. The number of aryl methyl sites for hydroxylation is 1. The maximum Gasteiger partial charge on any atom is 0.00614 e. The predicted octanol–water partition coefficient (Wildman–Crippen LogP) is 3.99. The summed E-state index contributed by atoms with van der Waals surface area (Å²) in [6.45, 7) is 9.06. The number of nitrogens with one attached hydrogen (secondary N) is 1. The van der Waals surface area contributed by atoms with E-state index < -0.39 is 0 Å². The average molecular weight is 233 g/mol. The van der Waals surface area contributed by atoms with Crippen molar-refractivity contribution >= 4 is 0 Å². The van der Waals surface area contributed by atoms with Crippen molar-refractivity contribution in [3.8, 4) is 0 Å². The molecule has 0 aliphatic heterocycles. The Balaban J connectivity index is 2.47. The van der Waals surface area contributed by atoms with Gasteiger partial charge in [-0.2, -0.15) is 0 Å². The highest BCUT2D eigenvalue weighted by Gasteiger charge is 2.09. The molecule has 0 spiro atoms. The third-order valence-electron chi connectivity index (χ3n) is 3.84. The molecule has 1 nitrogen and oxygen atoms in total. The monoisotopic (exact) mass is 233 g/mol. The zero-order chi connectivity index (χ0) is 12.8. The fourth-order valence-electron chi connectivity index (χ4n) is 2.00. The fourth-order valence-corrected chi connectivity index (χ4v) is 2.00. The normalized spacial score (nSPS) is 14.9. The smallest absolute Gasteiger partial charge is 0.00614 e. The van der Waals surface area contributed by atoms with Crippen LogP contribution in [0.4, 0.5) is 0 Å². The first-order chi connectivity index (χ1) is 8.04. The van der Waals surface area contributed by atoms with Crippen molar-refractivity contribution in [1.29, 1.82) is 0 Å². The lowest BCUT2D eigenvalue weighted by atomic mass is 9.94. The maximum atomic E-state index is 3.33. The predicted molar refractivity (Wildman–Crippen MR) is 76.5 cm³/mol. The molecule has 0 saturated carbocycles. The molecule has 0 bridgehead atoms. The summed E-state index contributed by atoms with van der Waals surface area (Å²) < 4.78 is 0. The summed E-state index contributed by atoms with van der Waals surface area (Å²) in [4.78, 5) is 0. The molecule has 0 heterocycles. The van der Waals surface area contributed by atoms with Gasteiger partial charge in [-0.05, 0) is 49.8 Å². The zero-order valence-corrected chi connectivity index (χ0v) is 12.0. The Bertz CT molecular complexity index is 313. The second kappa shape index (κ2) is 6.80. The van der Waals surface area contributed by atoms with E-state index in [1.165, 1.54) is 24.0 Å². The number of hydrogen-bond acceptors (Lipinski definition) is 1. The van der Waals surface area contributed by atoms with Crippen LogP contribution in [0, 0.1) is 5.92 Å². The minimum atomic E-state index is 0.602. The minimum Gasteiger partial charge on any atom is -0.317 e. The molecule has 1 aromatic carbocycles. The van der Waals surface area contributed by atoms with Gasteiger partial charge in [-0.25, -0.2) is 0 Å². The van der Waals surface area contributed by atoms with Gasteiger partial charge in [0.05, 0.1) is 0 Å². The molecule has 0 radical (unpaired) electrons. The molecule has 0 aliphatic rings. The Morgan fingerprint density at radius 3 is 2.06 bits per heavy atom. The van der Waals surface area contributed by atoms with Crippen molar-refractivity contribution in [1.82, 2.24) is 5.32 Å². The van der Waals surface area contributed by atoms with Gasteiger partial charge in [-0.1, -0.05) is 45.0 Å². The lowest BCUT2D eigenvalue weighted by Crippen LogP contribution is -2.28. The van der Waals surface area contributed by atoms with E-state index in [-0.39, 0.29) is 0 Å². The van der Waals surface area contributed by atoms with E-state index in [0.29, 0.717) is 12.0 Å². The van der Waals surface area contributed by atoms with E-state index in [2.05, 4.69) is 57.3 Å². The molecule has 2 atom stereocenters. The summed E-state index contributed by atoms with van der Waals surface area (Å²) >= 11 is 0. The van der Waals surface area contributed by atoms with Crippen LogP contribution < -0.4 is 5.32 Å². The molecular formula is C16H27N. The van der Waals surface area contributed by atoms with E-state index in [0.717, 1.165) is 5.92 Å². The highest BCUT2D eigenvalue weighted by Crippen LogP contribution is 2.17. The molecule has 17 heavy (non-hydrogen) atoms. The molecule has 1 N–H and O–H groups in total. The van der Waals surface area contributed by atoms with Gasteiger partial charge in [-0.3, -0.25) is 0 Å². The molecule has 1 unspecified atom stereocenters. The zero-order valence-electron chi connectivity index (χ0n) is 12.0. The number of rotatable bonds is 6. The lowest BCUT2D eigenvalue weighted by molar-refractivity contribution is 0.401. The van der Waals surface area contributed by atoms with E-state index >= 15 is 0 Å². The van der Waals surface area contributed by atoms with E-state index in [1.807, 2.05) is 7.05 Å². The molecule has 1 rings (SSSR count). The van der Waals surface area contributed by atoms with Crippen LogP contribution >= 0.6 is 0 Å². The second-order valence-corrected chi connectivity index (χ2v) is 5.49. The van der Waals surface area contributed by atoms with Gasteiger partial charge < -0.3 is 5.32 Å². The quantitative estimate of drug-likeness (QED) is 0.783. The fraction of sp³-hybridized carbons (Fsp3) is 0.625. The summed E-state index contributed by atoms with van der Waals surface area (Å²) in [5.74, 6) is 1.36. The Hall–Kier alpha value is -0.820. The molecule has 0 fully saturated rings. The Morgan fingerprint density at radius 1 is 1.00 bits per heavy atom. The molecule has 96 valence electrons. The minimum absolute atomic E-state index is 0.602. The van der Waals surface area contributed by atoms with Crippen LogP contribution in [0.1, 0.15) is 51.2 Å². The van der Waals surface area contributed by atoms with Crippen molar-refractivity contribution in [3.05, 3.63) is 35.4 Å². The third kappa shape index (κ3) is 4.51. The Labute approximate surface area is 107 Å². The highest BCUT2D eigenvalue weighted by molar-refractivity contribution is 5.24. The summed E-state index contributed by atoms with van der Waals surface area (Å²) in [5, 5.41) is 3.33. The highest BCUT2D eigenvalue weighted by atomic mass is 14.9. The van der Waals surface area contributed by atoms with Crippen molar-refractivity contribution < 1.29 is 0 Å². The van der Waals surface area contributed by atoms with Crippen LogP contribution in [0.3, 0.4) is 0 Å². The molecular weight excluding hydrogens is 206 g/mol. The molecule has 0 amide bonds. The van der Waals surface area contributed by atoms with Crippen LogP contribution in [-0.4, -0.2) is 13.1 Å². The van der Waals surface area contributed by atoms with E-state index in [9.17, 15) is 0 Å². The van der Waals surface area contributed by atoms with Crippen LogP contribution in [0.2, 0.25) is 0 Å². The van der Waals surface area contributed by atoms with Gasteiger partial charge in [0, 0.05) is 6.04 Å². The Morgan fingerprint density at radius 2 is 1.59 bits per heavy atom. The first-order valence-electron chi connectivity index (χ1n) is 6.80. The summed E-state index contributed by atoms with van der Waals surface area (Å²) in [5.41, 5.74) is 2.90. The number of benzene rings is 1. The standard InChI is InChI=1S/C16H27N/c1-12(2)16-10-8-15(9-11-16)7-6-13(3)14(4)17-5/h8-14,17H,6-7H2,1-5H3/t13-,14?/m1/s1. The van der Waals surface area contributed by atoms with E-state index in [4.69, 9.17) is 0 Å². The van der Waals surface area contributed by atoms with Crippen LogP contribution in [-0.2, 0) is 6.42 Å². The topological polar surface area (TPSA) is 12.0 Å². The number of hydrogen-bond donors (Lipinski definition) is 1. The van der Waals surface area contributed by atoms with Crippen LogP contribution in [0.5, 0.6) is 0 Å². The molecule has 0 aliphatic carbocycles. The first-order valence-corrected chi connectivity index (χ1v) is 6.80. The molecule has 1 aromatic rings. The molecule has 0 aromatic heterocycles. The van der Waals surface area contributed by atoms with Gasteiger partial charge in [0.1, 0.15) is 0 Å². The third-order valence-corrected chi connectivity index (χ3v) is 3.84. The van der Waals surface area contributed by atoms with E-state index in [1.54, 1.807) is 0 Å². The summed E-state index contributed by atoms with van der Waals surface area (Å²) in [7, 11) is 2.04. The van der Waals surface area contributed by atoms with Crippen molar-refractivity contribution in [2.75, 3.05) is 7.05 Å². The SMILES string of the molecule is CNC(C)[C@H](C)CCc1ccc(C(C)C)cc1. The summed E-state index contributed by atoms with van der Waals surface area (Å²) in [6.07, 6.45) is 2.44. The van der Waals surface area contributed by atoms with Crippen LogP contribution in [0.15, 0.2) is 24.3 Å². The van der Waals surface area contributed by atoms with Gasteiger partial charge in [0.2, 0.25) is 0 Å². The Kier molecular flexibility index (Phi) is 5.70. The molecule has 0 saturated heterocycles. The van der Waals surface area contributed by atoms with Crippen molar-refractivity contribution in [3.63, 3.8) is 0 Å². The second-order valence-electron chi connectivity index (χ2n) is 5.49. The van der Waals surface area contributed by atoms with Gasteiger partial charge >= 0.3 is 0 Å². The maximum absolute atomic E-state index is 3.33. The van der Waals surface area contributed by atoms with Gasteiger partial charge in [0.15, 0.2) is 0 Å². The molecule has 1 heteroatoms. The first kappa shape index (κ1) is 14.2. The average Bonchev–Trinajstić information content (AvgIpc) is 2.35. The van der Waals surface area contributed by atoms with Gasteiger partial charge in [0.25, 0.3) is 0 Å². The van der Waals surface area contributed by atoms with Crippen molar-refractivity contribution in [2.45, 2.75) is 52.5 Å². The van der Waals surface area contributed by atoms with Crippen molar-refractivity contribution in [2.24, 2.45) is 5.92 Å².